The van der Waals surface area contributed by atoms with Crippen LogP contribution in [0, 0.1) is 6.26 Å². The summed E-state index contributed by atoms with van der Waals surface area (Å²) < 4.78 is 17.9. The van der Waals surface area contributed by atoms with Crippen LogP contribution in [0.5, 0.6) is 0 Å². The van der Waals surface area contributed by atoms with Gasteiger partial charge in [-0.15, -0.1) is 0 Å². The predicted molar refractivity (Wildman–Crippen MR) is 20.0 cm³/mol. The van der Waals surface area contributed by atoms with Gasteiger partial charge in [-0.2, -0.15) is 0 Å². The van der Waals surface area contributed by atoms with Gasteiger partial charge in [0.05, 0.1) is 0 Å². The van der Waals surface area contributed by atoms with E-state index in [0.717, 1.165) is 0 Å². The van der Waals surface area contributed by atoms with Crippen LogP contribution in [0.15, 0.2) is 5.76 Å². The first kappa shape index (κ1) is 1.87. The van der Waals surface area contributed by atoms with Crippen LogP contribution >= 0.6 is 0 Å². The molecule has 0 spiro atoms. The molecule has 1 rings (SSSR count). The van der Waals surface area contributed by atoms with Crippen LogP contribution in [0.25, 0.3) is 1.43 Å². The molecule has 34 valence electrons. The zero-order valence-corrected chi connectivity index (χ0v) is 3.10. The van der Waals surface area contributed by atoms with E-state index in [1.165, 1.54) is 0 Å². The summed E-state index contributed by atoms with van der Waals surface area (Å²) in [5.41, 5.74) is 0. The lowest BCUT2D eigenvalue weighted by molar-refractivity contribution is 0.261. The fourth-order valence-corrected chi connectivity index (χ4v) is 0.272. The van der Waals surface area contributed by atoms with E-state index in [1.54, 1.807) is 0 Å². The van der Waals surface area contributed by atoms with Crippen LogP contribution in [-0.2, 0) is 4.74 Å². The molecule has 2 heteroatoms. The highest BCUT2D eigenvalue weighted by Gasteiger charge is 1.85. The summed E-state index contributed by atoms with van der Waals surface area (Å²) >= 11 is 0. The maximum Gasteiger partial charge on any atom is 0.288 e. The lowest BCUT2D eigenvalue weighted by Crippen LogP contribution is -1.74. The molecule has 0 aromatic heterocycles. The maximum atomic E-state index is 7.02. The molecule has 0 bridgehead atoms. The summed E-state index contributed by atoms with van der Waals surface area (Å²) in [6, 6.07) is 0. The predicted octanol–water partition coefficient (Wildman–Crippen LogP) is 0.609. The minimum atomic E-state index is -0.549. The molecule has 1 aliphatic rings. The summed E-state index contributed by atoms with van der Waals surface area (Å²) in [7, 11) is 0. The van der Waals surface area contributed by atoms with Gasteiger partial charge < -0.3 is 9.85 Å². The highest BCUT2D eigenvalue weighted by molar-refractivity contribution is 4.83. The van der Waals surface area contributed by atoms with Gasteiger partial charge >= 0.3 is 0 Å². The van der Waals surface area contributed by atoms with Crippen molar-refractivity contribution < 1.29 is 11.2 Å². The second-order valence-corrected chi connectivity index (χ2v) is 0.981. The molecule has 0 aromatic rings. The molecule has 0 fully saturated rings. The van der Waals surface area contributed by atoms with Crippen molar-refractivity contribution in [3.63, 3.8) is 0 Å². The van der Waals surface area contributed by atoms with Crippen molar-refractivity contribution in [2.24, 2.45) is 0 Å². The van der Waals surface area contributed by atoms with E-state index < -0.39 is 6.40 Å². The molecule has 0 aromatic carbocycles. The SMILES string of the molecule is [2H]OC1=[C-]OCC1[2H]. The number of rotatable bonds is 1. The Labute approximate surface area is 38.9 Å². The van der Waals surface area contributed by atoms with E-state index in [-0.39, 0.29) is 12.4 Å². The zero-order chi connectivity index (χ0) is 5.98. The zero-order valence-electron chi connectivity index (χ0n) is 5.10. The first-order chi connectivity index (χ1) is 3.84. The van der Waals surface area contributed by atoms with Crippen molar-refractivity contribution in [1.29, 1.82) is 1.43 Å². The molecule has 0 saturated heterocycles. The number of aliphatic hydroxyl groups excluding tert-OH is 1. The Morgan fingerprint density at radius 1 is 2.33 bits per heavy atom. The van der Waals surface area contributed by atoms with Gasteiger partial charge in [0.15, 0.2) is 0 Å². The molecule has 0 saturated carbocycles. The van der Waals surface area contributed by atoms with E-state index in [9.17, 15) is 0 Å². The average Bonchev–Trinajstić information content (AvgIpc) is 2.14. The highest BCUT2D eigenvalue weighted by atomic mass is 16.5. The third-order valence-electron chi connectivity index (χ3n) is 0.525. The summed E-state index contributed by atoms with van der Waals surface area (Å²) in [6.07, 6.45) is 1.73. The molecular weight excluding hydrogens is 80.0 g/mol. The lowest BCUT2D eigenvalue weighted by atomic mass is 10.4. The van der Waals surface area contributed by atoms with Gasteiger partial charge in [0.2, 0.25) is 0 Å². The third-order valence-corrected chi connectivity index (χ3v) is 0.525. The van der Waals surface area contributed by atoms with Gasteiger partial charge in [-0.05, 0) is 5.76 Å². The largest absolute Gasteiger partial charge is 0.690 e. The normalized spacial score (nSPS) is 36.0. The molecular formula is C4H5O2-. The van der Waals surface area contributed by atoms with Crippen LogP contribution in [0.2, 0.25) is 0 Å². The van der Waals surface area contributed by atoms with E-state index in [2.05, 4.69) is 16.1 Å². The summed E-state index contributed by atoms with van der Waals surface area (Å²) in [5, 5.41) is 3.97. The van der Waals surface area contributed by atoms with Crippen molar-refractivity contribution in [2.75, 3.05) is 6.61 Å². The van der Waals surface area contributed by atoms with Crippen LogP contribution in [-0.4, -0.2) is 11.7 Å². The molecule has 1 unspecified atom stereocenters. The van der Waals surface area contributed by atoms with Crippen molar-refractivity contribution in [2.45, 2.75) is 6.40 Å². The Hall–Kier alpha value is -0.660. The Morgan fingerprint density at radius 3 is 3.67 bits per heavy atom. The minimum absolute atomic E-state index is 0.157. The first-order valence-corrected chi connectivity index (χ1v) is 1.64. The number of hydrogen-bond acceptors (Lipinski definition) is 2. The molecule has 1 N–H and O–H groups in total. The fourth-order valence-electron chi connectivity index (χ4n) is 0.272. The quantitative estimate of drug-likeness (QED) is 0.475. The average molecular weight is 87.1 g/mol. The summed E-state index contributed by atoms with van der Waals surface area (Å²) in [6.45, 7) is 0.258. The molecule has 1 atom stereocenters. The van der Waals surface area contributed by atoms with Crippen molar-refractivity contribution >= 4 is 0 Å². The molecule has 6 heavy (non-hydrogen) atoms. The monoisotopic (exact) mass is 87.0 g/mol. The van der Waals surface area contributed by atoms with Crippen LogP contribution in [0.4, 0.5) is 0 Å². The summed E-state index contributed by atoms with van der Waals surface area (Å²) in [4.78, 5) is 0. The Kier molecular flexibility index (Phi) is 0.375. The van der Waals surface area contributed by atoms with Gasteiger partial charge in [-0.3, -0.25) is 6.26 Å². The molecule has 1 aliphatic heterocycles. The topological polar surface area (TPSA) is 29.5 Å². The lowest BCUT2D eigenvalue weighted by Gasteiger charge is -1.96. The first-order valence-electron chi connectivity index (χ1n) is 2.63. The highest BCUT2D eigenvalue weighted by Crippen LogP contribution is 2.02. The van der Waals surface area contributed by atoms with Crippen LogP contribution < -0.4 is 0 Å². The second-order valence-electron chi connectivity index (χ2n) is 0.981. The second kappa shape index (κ2) is 1.20. The number of hydrogen-bond donors (Lipinski definition) is 1. The van der Waals surface area contributed by atoms with E-state index in [4.69, 9.17) is 2.80 Å². The van der Waals surface area contributed by atoms with Crippen LogP contribution in [0.1, 0.15) is 7.77 Å². The number of ether oxygens (including phenoxy) is 1. The Balaban J connectivity index is 2.49. The maximum absolute atomic E-state index is 7.02. The standard InChI is InChI=1S/C4H5O2/c5-4-1-2-6-3-4/h5H,1-2H2/q-1/i1D/hD. The van der Waals surface area contributed by atoms with Crippen molar-refractivity contribution in [1.82, 2.24) is 0 Å². The van der Waals surface area contributed by atoms with Crippen LogP contribution in [0.3, 0.4) is 0 Å². The molecule has 0 aliphatic carbocycles. The Morgan fingerprint density at radius 2 is 3.33 bits per heavy atom. The van der Waals surface area contributed by atoms with Crippen molar-refractivity contribution in [3.05, 3.63) is 12.0 Å². The van der Waals surface area contributed by atoms with Gasteiger partial charge in [0.1, 0.15) is 0 Å². The molecule has 1 heterocycles. The molecule has 0 amide bonds. The minimum Gasteiger partial charge on any atom is -0.690 e. The van der Waals surface area contributed by atoms with Gasteiger partial charge in [0.25, 0.3) is 1.43 Å². The van der Waals surface area contributed by atoms with Gasteiger partial charge in [0, 0.05) is 14.4 Å². The Bertz CT molecular complexity index is 113. The van der Waals surface area contributed by atoms with E-state index in [1.807, 2.05) is 0 Å². The summed E-state index contributed by atoms with van der Waals surface area (Å²) in [5.74, 6) is 0.157. The molecule has 0 radical (unpaired) electrons. The molecule has 2 nitrogen and oxygen atoms in total. The van der Waals surface area contributed by atoms with E-state index in [0.29, 0.717) is 0 Å². The van der Waals surface area contributed by atoms with Gasteiger partial charge in [-0.25, -0.2) is 0 Å². The smallest absolute Gasteiger partial charge is 0.288 e. The third kappa shape index (κ3) is 0.455. The van der Waals surface area contributed by atoms with Gasteiger partial charge in [-0.1, -0.05) is 0 Å². The fraction of sp³-hybridized carbons (Fsp3) is 0.500. The van der Waals surface area contributed by atoms with Crippen molar-refractivity contribution in [3.8, 4) is 0 Å². The number of aliphatic hydroxyl groups is 1. The van der Waals surface area contributed by atoms with E-state index >= 15 is 0 Å².